The summed E-state index contributed by atoms with van der Waals surface area (Å²) in [6, 6.07) is 15.2. The van der Waals surface area contributed by atoms with E-state index in [9.17, 15) is 0 Å². The summed E-state index contributed by atoms with van der Waals surface area (Å²) in [7, 11) is 0. The van der Waals surface area contributed by atoms with Gasteiger partial charge in [0.05, 0.1) is 0 Å². The third-order valence-corrected chi connectivity index (χ3v) is 1.63. The van der Waals surface area contributed by atoms with Gasteiger partial charge in [-0.15, -0.1) is 0 Å². The van der Waals surface area contributed by atoms with Crippen LogP contribution in [-0.2, 0) is 4.79 Å². The van der Waals surface area contributed by atoms with E-state index >= 15 is 0 Å². The number of anilines is 1. The highest BCUT2D eigenvalue weighted by atomic mass is 16.3. The van der Waals surface area contributed by atoms with E-state index in [-0.39, 0.29) is 5.75 Å². The van der Waals surface area contributed by atoms with Crippen molar-refractivity contribution in [2.45, 2.75) is 0 Å². The SMILES string of the molecule is C=O.Nc1cccc(O)c1.Oc1ccccc1. The average molecular weight is 233 g/mol. The zero-order valence-electron chi connectivity index (χ0n) is 9.28. The monoisotopic (exact) mass is 233 g/mol. The molecule has 0 aliphatic carbocycles. The lowest BCUT2D eigenvalue weighted by atomic mass is 10.3. The molecule has 0 heterocycles. The molecule has 4 nitrogen and oxygen atoms in total. The lowest BCUT2D eigenvalue weighted by Gasteiger charge is -1.90. The Morgan fingerprint density at radius 1 is 0.824 bits per heavy atom. The van der Waals surface area contributed by atoms with E-state index in [2.05, 4.69) is 0 Å². The third-order valence-electron chi connectivity index (χ3n) is 1.63. The molecule has 0 radical (unpaired) electrons. The molecule has 4 heteroatoms. The molecule has 90 valence electrons. The number of phenols is 2. The first-order valence-electron chi connectivity index (χ1n) is 4.76. The quantitative estimate of drug-likeness (QED) is 0.609. The molecule has 4 N–H and O–H groups in total. The van der Waals surface area contributed by atoms with Crippen molar-refractivity contribution in [3.05, 3.63) is 54.6 Å². The highest BCUT2D eigenvalue weighted by Crippen LogP contribution is 2.10. The number of carbonyl (C=O) groups excluding carboxylic acids is 1. The maximum Gasteiger partial charge on any atom is 0.117 e. The lowest BCUT2D eigenvalue weighted by Crippen LogP contribution is -1.80. The Labute approximate surface area is 100.0 Å². The number of rotatable bonds is 0. The Kier molecular flexibility index (Phi) is 7.50. The second-order valence-corrected chi connectivity index (χ2v) is 2.93. The van der Waals surface area contributed by atoms with Crippen LogP contribution < -0.4 is 5.73 Å². The van der Waals surface area contributed by atoms with Gasteiger partial charge in [-0.3, -0.25) is 0 Å². The minimum Gasteiger partial charge on any atom is -0.508 e. The van der Waals surface area contributed by atoms with Crippen molar-refractivity contribution in [3.8, 4) is 11.5 Å². The fourth-order valence-electron chi connectivity index (χ4n) is 0.953. The van der Waals surface area contributed by atoms with Gasteiger partial charge in [0.15, 0.2) is 0 Å². The van der Waals surface area contributed by atoms with Crippen LogP contribution in [0.1, 0.15) is 0 Å². The first-order valence-corrected chi connectivity index (χ1v) is 4.76. The van der Waals surface area contributed by atoms with Gasteiger partial charge in [-0.25, -0.2) is 0 Å². The molecular formula is C13H15NO3. The van der Waals surface area contributed by atoms with E-state index < -0.39 is 0 Å². The fourth-order valence-corrected chi connectivity index (χ4v) is 0.953. The van der Waals surface area contributed by atoms with Crippen LogP contribution in [0.25, 0.3) is 0 Å². The zero-order valence-corrected chi connectivity index (χ0v) is 9.28. The molecule has 2 aromatic rings. The number of hydrogen-bond acceptors (Lipinski definition) is 4. The van der Waals surface area contributed by atoms with E-state index in [0.717, 1.165) is 0 Å². The molecule has 0 saturated carbocycles. The summed E-state index contributed by atoms with van der Waals surface area (Å²) >= 11 is 0. The standard InChI is InChI=1S/C6H7NO.C6H6O.CH2O/c7-5-2-1-3-6(8)4-5;7-6-4-2-1-3-5-6;1-2/h1-4,8H,7H2;1-5,7H;1H2. The topological polar surface area (TPSA) is 83.6 Å². The minimum absolute atomic E-state index is 0.213. The van der Waals surface area contributed by atoms with Crippen LogP contribution in [0.5, 0.6) is 11.5 Å². The van der Waals surface area contributed by atoms with E-state index in [1.807, 2.05) is 12.9 Å². The number of nitrogen functional groups attached to an aromatic ring is 1. The van der Waals surface area contributed by atoms with Crippen LogP contribution in [0.3, 0.4) is 0 Å². The van der Waals surface area contributed by atoms with Crippen LogP contribution in [0, 0.1) is 0 Å². The van der Waals surface area contributed by atoms with Gasteiger partial charge in [0, 0.05) is 11.8 Å². The summed E-state index contributed by atoms with van der Waals surface area (Å²) in [5, 5.41) is 17.4. The van der Waals surface area contributed by atoms with Crippen molar-refractivity contribution in [1.29, 1.82) is 0 Å². The molecule has 0 saturated heterocycles. The number of benzene rings is 2. The summed E-state index contributed by atoms with van der Waals surface area (Å²) in [5.74, 6) is 0.535. The minimum atomic E-state index is 0.213. The highest BCUT2D eigenvalue weighted by Gasteiger charge is 1.83. The van der Waals surface area contributed by atoms with Crippen molar-refractivity contribution >= 4 is 12.5 Å². The molecule has 0 fully saturated rings. The fraction of sp³-hybridized carbons (Fsp3) is 0. The molecule has 0 aliphatic rings. The summed E-state index contributed by atoms with van der Waals surface area (Å²) in [6.07, 6.45) is 0. The third kappa shape index (κ3) is 7.44. The number of hydrogen-bond donors (Lipinski definition) is 3. The Balaban J connectivity index is 0.000000265. The van der Waals surface area contributed by atoms with Crippen LogP contribution in [0.15, 0.2) is 54.6 Å². The van der Waals surface area contributed by atoms with Gasteiger partial charge in [-0.2, -0.15) is 0 Å². The van der Waals surface area contributed by atoms with Gasteiger partial charge in [-0.05, 0) is 24.3 Å². The maximum atomic E-state index is 8.73. The van der Waals surface area contributed by atoms with Crippen LogP contribution in [0.4, 0.5) is 5.69 Å². The second-order valence-electron chi connectivity index (χ2n) is 2.93. The zero-order chi connectivity index (χ0) is 13.1. The first kappa shape index (κ1) is 14.5. The summed E-state index contributed by atoms with van der Waals surface area (Å²) in [4.78, 5) is 8.00. The van der Waals surface area contributed by atoms with Crippen LogP contribution >= 0.6 is 0 Å². The molecular weight excluding hydrogens is 218 g/mol. The van der Waals surface area contributed by atoms with E-state index in [1.165, 1.54) is 6.07 Å². The number of nitrogens with two attached hydrogens (primary N) is 1. The second kappa shape index (κ2) is 8.79. The predicted octanol–water partition coefficient (Wildman–Crippen LogP) is 2.18. The highest BCUT2D eigenvalue weighted by molar-refractivity contribution is 5.42. The van der Waals surface area contributed by atoms with E-state index in [1.54, 1.807) is 42.5 Å². The Morgan fingerprint density at radius 3 is 1.65 bits per heavy atom. The van der Waals surface area contributed by atoms with Crippen molar-refractivity contribution < 1.29 is 15.0 Å². The van der Waals surface area contributed by atoms with Crippen molar-refractivity contribution in [2.24, 2.45) is 0 Å². The van der Waals surface area contributed by atoms with Gasteiger partial charge in [0.25, 0.3) is 0 Å². The van der Waals surface area contributed by atoms with Crippen molar-refractivity contribution in [2.75, 3.05) is 5.73 Å². The Hall–Kier alpha value is -2.49. The normalized spacial score (nSPS) is 8.00. The van der Waals surface area contributed by atoms with E-state index in [4.69, 9.17) is 20.7 Å². The maximum absolute atomic E-state index is 8.73. The average Bonchev–Trinajstić information content (AvgIpc) is 2.33. The number of para-hydroxylation sites is 1. The van der Waals surface area contributed by atoms with Crippen LogP contribution in [0.2, 0.25) is 0 Å². The Morgan fingerprint density at radius 2 is 1.35 bits per heavy atom. The first-order chi connectivity index (χ1) is 8.18. The molecule has 0 unspecified atom stereocenters. The molecule has 0 atom stereocenters. The molecule has 0 bridgehead atoms. The number of aromatic hydroxyl groups is 2. The summed E-state index contributed by atoms with van der Waals surface area (Å²) in [5.41, 5.74) is 5.89. The molecule has 0 spiro atoms. The van der Waals surface area contributed by atoms with Crippen molar-refractivity contribution in [1.82, 2.24) is 0 Å². The van der Waals surface area contributed by atoms with Gasteiger partial charge >= 0.3 is 0 Å². The smallest absolute Gasteiger partial charge is 0.117 e. The lowest BCUT2D eigenvalue weighted by molar-refractivity contribution is -0.0979. The Bertz CT molecular complexity index is 401. The summed E-state index contributed by atoms with van der Waals surface area (Å²) in [6.45, 7) is 2.00. The van der Waals surface area contributed by atoms with Gasteiger partial charge in [-0.1, -0.05) is 24.3 Å². The molecule has 0 aromatic heterocycles. The van der Waals surface area contributed by atoms with Gasteiger partial charge < -0.3 is 20.7 Å². The molecule has 0 amide bonds. The summed E-state index contributed by atoms with van der Waals surface area (Å²) < 4.78 is 0. The van der Waals surface area contributed by atoms with Crippen molar-refractivity contribution in [3.63, 3.8) is 0 Å². The number of phenolic OH excluding ortho intramolecular Hbond substituents is 2. The van der Waals surface area contributed by atoms with E-state index in [0.29, 0.717) is 11.4 Å². The van der Waals surface area contributed by atoms with Crippen LogP contribution in [-0.4, -0.2) is 17.0 Å². The molecule has 0 aliphatic heterocycles. The number of carbonyl (C=O) groups is 1. The van der Waals surface area contributed by atoms with Gasteiger partial charge in [0.1, 0.15) is 18.3 Å². The molecule has 2 aromatic carbocycles. The molecule has 2 rings (SSSR count). The largest absolute Gasteiger partial charge is 0.508 e. The predicted molar refractivity (Wildman–Crippen MR) is 67.7 cm³/mol. The van der Waals surface area contributed by atoms with Gasteiger partial charge in [0.2, 0.25) is 0 Å². The molecule has 17 heavy (non-hydrogen) atoms.